The molecule has 0 fully saturated rings. The molecular formula is C6H4BrFN2O2S. The topological polar surface area (TPSA) is 58.2 Å². The minimum absolute atomic E-state index is 0.0469. The first-order chi connectivity index (χ1) is 5.99. The van der Waals surface area contributed by atoms with Gasteiger partial charge in [-0.05, 0) is 28.1 Å². The zero-order valence-corrected chi connectivity index (χ0v) is 8.54. The third kappa shape index (κ3) is 1.37. The van der Waals surface area contributed by atoms with Crippen LogP contribution in [-0.4, -0.2) is 8.42 Å². The molecule has 0 atom stereocenters. The fraction of sp³-hybridized carbons (Fsp3) is 0. The molecule has 1 aliphatic rings. The molecule has 7 heteroatoms. The van der Waals surface area contributed by atoms with E-state index >= 15 is 0 Å². The highest BCUT2D eigenvalue weighted by Gasteiger charge is 2.26. The smallest absolute Gasteiger partial charge is 0.264 e. The molecule has 0 aromatic heterocycles. The molecular weight excluding hydrogens is 263 g/mol. The molecule has 0 unspecified atom stereocenters. The van der Waals surface area contributed by atoms with Gasteiger partial charge in [-0.25, -0.2) is 4.39 Å². The first-order valence-corrected chi connectivity index (χ1v) is 5.56. The van der Waals surface area contributed by atoms with Crippen molar-refractivity contribution in [1.29, 1.82) is 0 Å². The van der Waals surface area contributed by atoms with E-state index in [4.69, 9.17) is 0 Å². The molecule has 1 aliphatic heterocycles. The van der Waals surface area contributed by atoms with Crippen LogP contribution in [0.4, 0.5) is 15.8 Å². The van der Waals surface area contributed by atoms with Crippen molar-refractivity contribution in [2.45, 2.75) is 0 Å². The van der Waals surface area contributed by atoms with Crippen molar-refractivity contribution in [3.05, 3.63) is 22.4 Å². The summed E-state index contributed by atoms with van der Waals surface area (Å²) in [6, 6.07) is 2.91. The van der Waals surface area contributed by atoms with Crippen molar-refractivity contribution < 1.29 is 12.8 Å². The Hall–Kier alpha value is -0.820. The van der Waals surface area contributed by atoms with Crippen LogP contribution >= 0.6 is 15.9 Å². The normalized spacial score (nSPS) is 17.4. The second kappa shape index (κ2) is 2.58. The summed E-state index contributed by atoms with van der Waals surface area (Å²) in [7, 11) is -3.61. The number of rotatable bonds is 0. The fourth-order valence-electron chi connectivity index (χ4n) is 1.04. The Labute approximate surface area is 82.5 Å². The van der Waals surface area contributed by atoms with Crippen molar-refractivity contribution in [1.82, 2.24) is 0 Å². The van der Waals surface area contributed by atoms with E-state index in [1.807, 2.05) is 4.72 Å². The molecule has 0 saturated carbocycles. The number of hydrogen-bond acceptors (Lipinski definition) is 2. The SMILES string of the molecule is O=S1(=O)Nc2ccc(Br)c(F)c2N1. The lowest BCUT2D eigenvalue weighted by atomic mass is 10.3. The van der Waals surface area contributed by atoms with E-state index in [0.29, 0.717) is 0 Å². The lowest BCUT2D eigenvalue weighted by molar-refractivity contribution is 0.605. The van der Waals surface area contributed by atoms with Crippen LogP contribution in [0, 0.1) is 5.82 Å². The first kappa shape index (κ1) is 8.76. The molecule has 1 heterocycles. The molecule has 0 bridgehead atoms. The van der Waals surface area contributed by atoms with Crippen LogP contribution in [0.1, 0.15) is 0 Å². The van der Waals surface area contributed by atoms with Gasteiger partial charge >= 0.3 is 10.2 Å². The van der Waals surface area contributed by atoms with Crippen LogP contribution in [0.5, 0.6) is 0 Å². The summed E-state index contributed by atoms with van der Waals surface area (Å²) in [4.78, 5) is 0. The number of halogens is 2. The maximum absolute atomic E-state index is 13.2. The average molecular weight is 267 g/mol. The van der Waals surface area contributed by atoms with Gasteiger partial charge in [-0.15, -0.1) is 0 Å². The number of anilines is 2. The molecule has 0 radical (unpaired) electrons. The van der Waals surface area contributed by atoms with Gasteiger partial charge in [0.15, 0.2) is 5.82 Å². The molecule has 0 spiro atoms. The number of benzene rings is 1. The Morgan fingerprint density at radius 1 is 1.31 bits per heavy atom. The average Bonchev–Trinajstić information content (AvgIpc) is 2.34. The molecule has 2 rings (SSSR count). The van der Waals surface area contributed by atoms with E-state index in [-0.39, 0.29) is 15.8 Å². The highest BCUT2D eigenvalue weighted by atomic mass is 79.9. The van der Waals surface area contributed by atoms with Crippen molar-refractivity contribution in [3.8, 4) is 0 Å². The van der Waals surface area contributed by atoms with Crippen molar-refractivity contribution >= 4 is 37.5 Å². The van der Waals surface area contributed by atoms with Gasteiger partial charge in [-0.2, -0.15) is 8.42 Å². The van der Waals surface area contributed by atoms with Crippen LogP contribution in [-0.2, 0) is 10.2 Å². The zero-order chi connectivity index (χ0) is 9.64. The van der Waals surface area contributed by atoms with Gasteiger partial charge in [0.25, 0.3) is 0 Å². The number of hydrogen-bond donors (Lipinski definition) is 2. The quantitative estimate of drug-likeness (QED) is 0.751. The van der Waals surface area contributed by atoms with Crippen molar-refractivity contribution in [2.24, 2.45) is 0 Å². The van der Waals surface area contributed by atoms with Crippen LogP contribution in [0.15, 0.2) is 16.6 Å². The van der Waals surface area contributed by atoms with Crippen LogP contribution in [0.2, 0.25) is 0 Å². The molecule has 0 amide bonds. The first-order valence-electron chi connectivity index (χ1n) is 3.28. The Bertz CT molecular complexity index is 474. The summed E-state index contributed by atoms with van der Waals surface area (Å²) in [5, 5.41) is 0. The maximum atomic E-state index is 13.2. The molecule has 4 nitrogen and oxygen atoms in total. The van der Waals surface area contributed by atoms with E-state index in [0.717, 1.165) is 0 Å². The van der Waals surface area contributed by atoms with Gasteiger partial charge in [0.2, 0.25) is 0 Å². The highest BCUT2D eigenvalue weighted by molar-refractivity contribution is 9.10. The largest absolute Gasteiger partial charge is 0.321 e. The van der Waals surface area contributed by atoms with Crippen LogP contribution < -0.4 is 9.44 Å². The maximum Gasteiger partial charge on any atom is 0.321 e. The summed E-state index contributed by atoms with van der Waals surface area (Å²) in [5.74, 6) is -0.619. The molecule has 0 saturated heterocycles. The summed E-state index contributed by atoms with van der Waals surface area (Å²) in [6.45, 7) is 0. The van der Waals surface area contributed by atoms with Gasteiger partial charge in [0.05, 0.1) is 10.2 Å². The van der Waals surface area contributed by atoms with Gasteiger partial charge in [-0.1, -0.05) is 0 Å². The van der Waals surface area contributed by atoms with E-state index in [1.165, 1.54) is 12.1 Å². The third-order valence-corrected chi connectivity index (χ3v) is 3.15. The standard InChI is InChI=1S/C6H4BrFN2O2S/c7-3-1-2-4-6(5(3)8)10-13(11,12)9-4/h1-2,9-10H. The zero-order valence-electron chi connectivity index (χ0n) is 6.14. The number of fused-ring (bicyclic) bond motifs is 1. The van der Waals surface area contributed by atoms with Gasteiger partial charge in [0.1, 0.15) is 5.69 Å². The third-order valence-electron chi connectivity index (χ3n) is 1.58. The minimum Gasteiger partial charge on any atom is -0.264 e. The monoisotopic (exact) mass is 266 g/mol. The highest BCUT2D eigenvalue weighted by Crippen LogP contribution is 2.35. The molecule has 2 N–H and O–H groups in total. The lowest BCUT2D eigenvalue weighted by Crippen LogP contribution is -2.13. The van der Waals surface area contributed by atoms with E-state index in [9.17, 15) is 12.8 Å². The van der Waals surface area contributed by atoms with Crippen molar-refractivity contribution in [2.75, 3.05) is 9.44 Å². The number of nitrogens with one attached hydrogen (secondary N) is 2. The molecule has 13 heavy (non-hydrogen) atoms. The summed E-state index contributed by atoms with van der Waals surface area (Å²) in [6.07, 6.45) is 0. The Morgan fingerprint density at radius 3 is 2.69 bits per heavy atom. The summed E-state index contributed by atoms with van der Waals surface area (Å²) < 4.78 is 39.5. The van der Waals surface area contributed by atoms with Gasteiger partial charge < -0.3 is 0 Å². The predicted molar refractivity (Wildman–Crippen MR) is 50.3 cm³/mol. The predicted octanol–water partition coefficient (Wildman–Crippen LogP) is 1.67. The molecule has 0 aliphatic carbocycles. The van der Waals surface area contributed by atoms with Gasteiger partial charge in [-0.3, -0.25) is 9.44 Å². The summed E-state index contributed by atoms with van der Waals surface area (Å²) in [5.41, 5.74) is 0.176. The molecule has 1 aromatic rings. The van der Waals surface area contributed by atoms with Crippen LogP contribution in [0.3, 0.4) is 0 Å². The molecule has 1 aromatic carbocycles. The van der Waals surface area contributed by atoms with Gasteiger partial charge in [0, 0.05) is 0 Å². The second-order valence-corrected chi connectivity index (χ2v) is 4.76. The molecule has 70 valence electrons. The lowest BCUT2D eigenvalue weighted by Gasteiger charge is -1.98. The fourth-order valence-corrected chi connectivity index (χ4v) is 2.35. The minimum atomic E-state index is -3.61. The van der Waals surface area contributed by atoms with E-state index < -0.39 is 16.0 Å². The van der Waals surface area contributed by atoms with Crippen molar-refractivity contribution in [3.63, 3.8) is 0 Å². The Balaban J connectivity index is 2.65. The van der Waals surface area contributed by atoms with E-state index in [2.05, 4.69) is 20.7 Å². The van der Waals surface area contributed by atoms with E-state index in [1.54, 1.807) is 0 Å². The summed E-state index contributed by atoms with van der Waals surface area (Å²) >= 11 is 2.95. The van der Waals surface area contributed by atoms with Crippen LogP contribution in [0.25, 0.3) is 0 Å². The second-order valence-electron chi connectivity index (χ2n) is 2.49. The Morgan fingerprint density at radius 2 is 2.00 bits per heavy atom. The Kier molecular flexibility index (Phi) is 1.74.